The van der Waals surface area contributed by atoms with Crippen LogP contribution in [0.15, 0.2) is 28.8 Å². The molecule has 1 aromatic heterocycles. The quantitative estimate of drug-likeness (QED) is 0.945. The van der Waals surface area contributed by atoms with Gasteiger partial charge in [-0.05, 0) is 12.6 Å². The Bertz CT molecular complexity index is 525. The molecule has 0 saturated carbocycles. The first-order valence-corrected chi connectivity index (χ1v) is 5.15. The van der Waals surface area contributed by atoms with E-state index >= 15 is 0 Å². The molecule has 4 nitrogen and oxygen atoms in total. The topological polar surface area (TPSA) is 51.0 Å². The van der Waals surface area contributed by atoms with Gasteiger partial charge < -0.3 is 9.84 Å². The number of alkyl halides is 3. The highest BCUT2D eigenvalue weighted by Gasteiger charge is 2.38. The molecule has 0 saturated heterocycles. The molecular weight excluding hydrogens is 283 g/mol. The highest BCUT2D eigenvalue weighted by atomic mass is 35.5. The molecule has 0 spiro atoms. The SMILES string of the molecule is CNCc1ccc(-c2noc(C(F)(F)F)n2)cc1.Cl. The average molecular weight is 294 g/mol. The summed E-state index contributed by atoms with van der Waals surface area (Å²) >= 11 is 0. The van der Waals surface area contributed by atoms with Crippen LogP contribution in [0.25, 0.3) is 11.4 Å². The Hall–Kier alpha value is -1.60. The zero-order valence-electron chi connectivity index (χ0n) is 9.86. The van der Waals surface area contributed by atoms with Crippen molar-refractivity contribution in [1.29, 1.82) is 0 Å². The maximum absolute atomic E-state index is 12.3. The van der Waals surface area contributed by atoms with Gasteiger partial charge in [0.25, 0.3) is 0 Å². The highest BCUT2D eigenvalue weighted by Crippen LogP contribution is 2.29. The van der Waals surface area contributed by atoms with Crippen LogP contribution in [0.5, 0.6) is 0 Å². The van der Waals surface area contributed by atoms with Crippen molar-refractivity contribution in [3.8, 4) is 11.4 Å². The Balaban J connectivity index is 0.00000180. The Morgan fingerprint density at radius 3 is 2.32 bits per heavy atom. The van der Waals surface area contributed by atoms with E-state index in [0.717, 1.165) is 5.56 Å². The summed E-state index contributed by atoms with van der Waals surface area (Å²) in [5.41, 5.74) is 1.50. The van der Waals surface area contributed by atoms with Gasteiger partial charge >= 0.3 is 12.1 Å². The molecule has 0 aliphatic heterocycles. The van der Waals surface area contributed by atoms with Gasteiger partial charge in [0.1, 0.15) is 0 Å². The van der Waals surface area contributed by atoms with Crippen LogP contribution >= 0.6 is 12.4 Å². The lowest BCUT2D eigenvalue weighted by molar-refractivity contribution is -0.159. The fourth-order valence-electron chi connectivity index (χ4n) is 1.43. The molecule has 0 amide bonds. The van der Waals surface area contributed by atoms with Gasteiger partial charge in [-0.3, -0.25) is 0 Å². The van der Waals surface area contributed by atoms with Crippen LogP contribution in [0, 0.1) is 0 Å². The van der Waals surface area contributed by atoms with E-state index in [1.807, 2.05) is 7.05 Å². The standard InChI is InChI=1S/C11H10F3N3O.ClH/c1-15-6-7-2-4-8(5-3-7)9-16-10(18-17-9)11(12,13)14;/h2-5,15H,6H2,1H3;1H. The van der Waals surface area contributed by atoms with Gasteiger partial charge in [-0.25, -0.2) is 0 Å². The zero-order chi connectivity index (χ0) is 13.2. The first kappa shape index (κ1) is 15.5. The number of benzene rings is 1. The lowest BCUT2D eigenvalue weighted by Crippen LogP contribution is -2.05. The van der Waals surface area contributed by atoms with E-state index in [2.05, 4.69) is 20.0 Å². The maximum atomic E-state index is 12.3. The minimum atomic E-state index is -4.61. The number of rotatable bonds is 3. The van der Waals surface area contributed by atoms with Gasteiger partial charge in [-0.2, -0.15) is 18.2 Å². The predicted molar refractivity (Wildman–Crippen MR) is 64.7 cm³/mol. The Morgan fingerprint density at radius 2 is 1.84 bits per heavy atom. The molecule has 1 aromatic carbocycles. The van der Waals surface area contributed by atoms with E-state index in [0.29, 0.717) is 12.1 Å². The fraction of sp³-hybridized carbons (Fsp3) is 0.273. The van der Waals surface area contributed by atoms with Crippen LogP contribution in [0.4, 0.5) is 13.2 Å². The summed E-state index contributed by atoms with van der Waals surface area (Å²) in [5, 5.41) is 6.28. The molecule has 0 fully saturated rings. The number of halogens is 4. The van der Waals surface area contributed by atoms with E-state index in [9.17, 15) is 13.2 Å². The third-order valence-electron chi connectivity index (χ3n) is 2.26. The smallest absolute Gasteiger partial charge is 0.329 e. The van der Waals surface area contributed by atoms with Crippen molar-refractivity contribution < 1.29 is 17.7 Å². The van der Waals surface area contributed by atoms with Gasteiger partial charge in [0.05, 0.1) is 0 Å². The molecule has 19 heavy (non-hydrogen) atoms. The predicted octanol–water partition coefficient (Wildman–Crippen LogP) is 2.90. The highest BCUT2D eigenvalue weighted by molar-refractivity contribution is 5.85. The molecule has 0 unspecified atom stereocenters. The Labute approximate surface area is 113 Å². The number of hydrogen-bond acceptors (Lipinski definition) is 4. The van der Waals surface area contributed by atoms with Gasteiger partial charge in [0.15, 0.2) is 0 Å². The summed E-state index contributed by atoms with van der Waals surface area (Å²) in [7, 11) is 1.81. The molecule has 0 atom stereocenters. The van der Waals surface area contributed by atoms with Crippen LogP contribution in [-0.2, 0) is 12.7 Å². The van der Waals surface area contributed by atoms with Crippen molar-refractivity contribution in [2.24, 2.45) is 0 Å². The zero-order valence-corrected chi connectivity index (χ0v) is 10.7. The second-order valence-electron chi connectivity index (χ2n) is 3.65. The normalized spacial score (nSPS) is 11.2. The second-order valence-corrected chi connectivity index (χ2v) is 3.65. The fourth-order valence-corrected chi connectivity index (χ4v) is 1.43. The third-order valence-corrected chi connectivity index (χ3v) is 2.26. The minimum Gasteiger partial charge on any atom is -0.329 e. The molecule has 8 heteroatoms. The van der Waals surface area contributed by atoms with E-state index in [1.54, 1.807) is 24.3 Å². The van der Waals surface area contributed by atoms with Crippen LogP contribution < -0.4 is 5.32 Å². The van der Waals surface area contributed by atoms with Gasteiger partial charge in [-0.15, -0.1) is 12.4 Å². The monoisotopic (exact) mass is 293 g/mol. The van der Waals surface area contributed by atoms with Crippen LogP contribution in [-0.4, -0.2) is 17.2 Å². The van der Waals surface area contributed by atoms with E-state index in [-0.39, 0.29) is 18.2 Å². The third kappa shape index (κ3) is 3.68. The summed E-state index contributed by atoms with van der Waals surface area (Å²) in [6.07, 6.45) is -4.61. The number of nitrogens with zero attached hydrogens (tertiary/aromatic N) is 2. The molecule has 0 aliphatic rings. The first-order valence-electron chi connectivity index (χ1n) is 5.15. The van der Waals surface area contributed by atoms with Gasteiger partial charge in [0, 0.05) is 12.1 Å². The van der Waals surface area contributed by atoms with Crippen molar-refractivity contribution in [2.75, 3.05) is 7.05 Å². The van der Waals surface area contributed by atoms with E-state index < -0.39 is 12.1 Å². The van der Waals surface area contributed by atoms with Crippen molar-refractivity contribution in [1.82, 2.24) is 15.5 Å². The molecular formula is C11H11ClF3N3O. The summed E-state index contributed by atoms with van der Waals surface area (Å²) in [6, 6.07) is 6.88. The van der Waals surface area contributed by atoms with Gasteiger partial charge in [-0.1, -0.05) is 29.4 Å². The van der Waals surface area contributed by atoms with E-state index in [4.69, 9.17) is 0 Å². The molecule has 2 rings (SSSR count). The molecule has 1 heterocycles. The van der Waals surface area contributed by atoms with Crippen LogP contribution in [0.1, 0.15) is 11.5 Å². The lowest BCUT2D eigenvalue weighted by Gasteiger charge is -2.00. The van der Waals surface area contributed by atoms with Crippen molar-refractivity contribution in [3.05, 3.63) is 35.7 Å². The Morgan fingerprint density at radius 1 is 1.21 bits per heavy atom. The average Bonchev–Trinajstić information content (AvgIpc) is 2.79. The summed E-state index contributed by atoms with van der Waals surface area (Å²) in [5.74, 6) is -1.41. The summed E-state index contributed by atoms with van der Waals surface area (Å²) in [6.45, 7) is 0.681. The van der Waals surface area contributed by atoms with Crippen LogP contribution in [0.2, 0.25) is 0 Å². The first-order chi connectivity index (χ1) is 8.50. The van der Waals surface area contributed by atoms with Crippen molar-refractivity contribution >= 4 is 12.4 Å². The number of hydrogen-bond donors (Lipinski definition) is 1. The minimum absolute atomic E-state index is 0. The molecule has 104 valence electrons. The van der Waals surface area contributed by atoms with Crippen LogP contribution in [0.3, 0.4) is 0 Å². The largest absolute Gasteiger partial charge is 0.471 e. The molecule has 0 radical (unpaired) electrons. The number of aromatic nitrogens is 2. The van der Waals surface area contributed by atoms with E-state index in [1.165, 1.54) is 0 Å². The molecule has 0 bridgehead atoms. The number of nitrogens with one attached hydrogen (secondary N) is 1. The molecule has 0 aliphatic carbocycles. The Kier molecular flexibility index (Phi) is 4.90. The lowest BCUT2D eigenvalue weighted by atomic mass is 10.1. The second kappa shape index (κ2) is 6.03. The van der Waals surface area contributed by atoms with Gasteiger partial charge in [0.2, 0.25) is 5.82 Å². The summed E-state index contributed by atoms with van der Waals surface area (Å²) in [4.78, 5) is 3.31. The molecule has 2 aromatic rings. The van der Waals surface area contributed by atoms with Crippen molar-refractivity contribution in [2.45, 2.75) is 12.7 Å². The van der Waals surface area contributed by atoms with Crippen molar-refractivity contribution in [3.63, 3.8) is 0 Å². The maximum Gasteiger partial charge on any atom is 0.471 e. The molecule has 1 N–H and O–H groups in total. The summed E-state index contributed by atoms with van der Waals surface area (Å²) < 4.78 is 41.0.